The Morgan fingerprint density at radius 2 is 2.00 bits per heavy atom. The summed E-state index contributed by atoms with van der Waals surface area (Å²) in [5.74, 6) is 1.55. The maximum absolute atomic E-state index is 12.3. The average molecular weight is 479 g/mol. The predicted molar refractivity (Wildman–Crippen MR) is 109 cm³/mol. The van der Waals surface area contributed by atoms with Crippen LogP contribution in [0, 0.1) is 0 Å². The predicted octanol–water partition coefficient (Wildman–Crippen LogP) is 1.46. The highest BCUT2D eigenvalue weighted by molar-refractivity contribution is 9.10. The Morgan fingerprint density at radius 1 is 1.17 bits per heavy atom. The maximum atomic E-state index is 12.3. The van der Waals surface area contributed by atoms with E-state index in [1.54, 1.807) is 36.4 Å². The second-order valence-electron chi connectivity index (χ2n) is 6.66. The zero-order valence-corrected chi connectivity index (χ0v) is 17.4. The molecule has 2 aliphatic rings. The molecule has 0 fully saturated rings. The number of amides is 2. The number of aliphatic hydroxyl groups is 1. The molecule has 2 aliphatic heterocycles. The number of nitrogens with one attached hydrogen (secondary N) is 1. The molecule has 0 saturated heterocycles. The zero-order valence-electron chi connectivity index (χ0n) is 15.8. The van der Waals surface area contributed by atoms with Crippen LogP contribution in [0.4, 0.5) is 5.69 Å². The van der Waals surface area contributed by atoms with E-state index in [0.29, 0.717) is 28.7 Å². The van der Waals surface area contributed by atoms with Gasteiger partial charge in [-0.05, 0) is 30.3 Å². The summed E-state index contributed by atoms with van der Waals surface area (Å²) in [6.07, 6.45) is -0.928. The number of nitrogens with zero attached hydrogens (tertiary/aromatic N) is 1. The van der Waals surface area contributed by atoms with Crippen LogP contribution in [-0.2, 0) is 9.59 Å². The van der Waals surface area contributed by atoms with Gasteiger partial charge >= 0.3 is 0 Å². The van der Waals surface area contributed by atoms with E-state index in [1.165, 1.54) is 4.90 Å². The van der Waals surface area contributed by atoms with E-state index in [0.717, 1.165) is 4.47 Å². The van der Waals surface area contributed by atoms with Crippen LogP contribution in [0.3, 0.4) is 0 Å². The number of aliphatic hydroxyl groups excluding tert-OH is 1. The minimum absolute atomic E-state index is 0.0187. The molecule has 0 spiro atoms. The molecule has 9 nitrogen and oxygen atoms in total. The molecule has 158 valence electrons. The zero-order chi connectivity index (χ0) is 21.1. The standard InChI is InChI=1S/C20H19BrN2O7/c21-12-1-3-15-17(5-12)28-10-20(26)23(15)8-19(25)22-7-13(24)9-27-14-2-4-16-18(6-14)30-11-29-16/h1-6,13,24H,7-11H2,(H,22,25). The van der Waals surface area contributed by atoms with Gasteiger partial charge in [-0.3, -0.25) is 14.5 Å². The third-order valence-electron chi connectivity index (χ3n) is 4.49. The summed E-state index contributed by atoms with van der Waals surface area (Å²) < 4.78 is 22.2. The lowest BCUT2D eigenvalue weighted by Gasteiger charge is -2.29. The van der Waals surface area contributed by atoms with Crippen LogP contribution in [0.1, 0.15) is 0 Å². The highest BCUT2D eigenvalue weighted by Crippen LogP contribution is 2.35. The molecule has 2 aromatic carbocycles. The third-order valence-corrected chi connectivity index (χ3v) is 4.98. The van der Waals surface area contributed by atoms with Crippen molar-refractivity contribution in [3.05, 3.63) is 40.9 Å². The van der Waals surface area contributed by atoms with Crippen molar-refractivity contribution in [2.24, 2.45) is 0 Å². The van der Waals surface area contributed by atoms with E-state index >= 15 is 0 Å². The number of carbonyl (C=O) groups excluding carboxylic acids is 2. The van der Waals surface area contributed by atoms with Crippen molar-refractivity contribution < 1.29 is 33.6 Å². The first-order valence-electron chi connectivity index (χ1n) is 9.19. The van der Waals surface area contributed by atoms with E-state index in [4.69, 9.17) is 18.9 Å². The molecule has 0 aromatic heterocycles. The Hall–Kier alpha value is -2.98. The van der Waals surface area contributed by atoms with Crippen molar-refractivity contribution in [1.82, 2.24) is 5.32 Å². The van der Waals surface area contributed by atoms with Gasteiger partial charge in [0.05, 0.1) is 5.69 Å². The molecule has 1 atom stereocenters. The number of benzene rings is 2. The largest absolute Gasteiger partial charge is 0.491 e. The van der Waals surface area contributed by atoms with Crippen molar-refractivity contribution in [2.75, 3.05) is 38.0 Å². The lowest BCUT2D eigenvalue weighted by atomic mass is 10.2. The first-order chi connectivity index (χ1) is 14.5. The summed E-state index contributed by atoms with van der Waals surface area (Å²) in [7, 11) is 0. The molecule has 0 radical (unpaired) electrons. The van der Waals surface area contributed by atoms with Gasteiger partial charge in [-0.2, -0.15) is 0 Å². The molecule has 1 unspecified atom stereocenters. The Morgan fingerprint density at radius 3 is 2.87 bits per heavy atom. The van der Waals surface area contributed by atoms with Gasteiger partial charge in [-0.15, -0.1) is 0 Å². The molecular formula is C20H19BrN2O7. The molecule has 2 N–H and O–H groups in total. The van der Waals surface area contributed by atoms with E-state index in [9.17, 15) is 14.7 Å². The molecule has 0 aliphatic carbocycles. The summed E-state index contributed by atoms with van der Waals surface area (Å²) >= 11 is 3.35. The first kappa shape index (κ1) is 20.3. The van der Waals surface area contributed by atoms with Crippen LogP contribution in [-0.4, -0.2) is 56.1 Å². The smallest absolute Gasteiger partial charge is 0.265 e. The average Bonchev–Trinajstić information content (AvgIpc) is 3.20. The SMILES string of the molecule is O=C(CN1C(=O)COc2cc(Br)ccc21)NCC(O)COc1ccc2c(c1)OCO2. The minimum Gasteiger partial charge on any atom is -0.491 e. The van der Waals surface area contributed by atoms with Crippen molar-refractivity contribution >= 4 is 33.4 Å². The van der Waals surface area contributed by atoms with Crippen LogP contribution in [0.25, 0.3) is 0 Å². The Kier molecular flexibility index (Phi) is 5.96. The van der Waals surface area contributed by atoms with E-state index in [1.807, 2.05) is 0 Å². The molecule has 30 heavy (non-hydrogen) atoms. The van der Waals surface area contributed by atoms with Crippen LogP contribution < -0.4 is 29.2 Å². The molecule has 10 heteroatoms. The fourth-order valence-electron chi connectivity index (χ4n) is 3.00. The number of halogens is 1. The summed E-state index contributed by atoms with van der Waals surface area (Å²) in [4.78, 5) is 25.8. The van der Waals surface area contributed by atoms with Gasteiger partial charge in [0, 0.05) is 17.1 Å². The molecule has 0 bridgehead atoms. The minimum atomic E-state index is -0.928. The van der Waals surface area contributed by atoms with Crippen LogP contribution in [0.2, 0.25) is 0 Å². The quantitative estimate of drug-likeness (QED) is 0.620. The second-order valence-corrected chi connectivity index (χ2v) is 7.58. The lowest BCUT2D eigenvalue weighted by molar-refractivity contribution is -0.125. The van der Waals surface area contributed by atoms with E-state index in [-0.39, 0.29) is 39.0 Å². The van der Waals surface area contributed by atoms with Crippen molar-refractivity contribution in [3.63, 3.8) is 0 Å². The topological polar surface area (TPSA) is 107 Å². The van der Waals surface area contributed by atoms with Crippen molar-refractivity contribution in [2.45, 2.75) is 6.10 Å². The monoisotopic (exact) mass is 478 g/mol. The highest BCUT2D eigenvalue weighted by atomic mass is 79.9. The first-order valence-corrected chi connectivity index (χ1v) is 9.99. The molecule has 2 amide bonds. The van der Waals surface area contributed by atoms with Gasteiger partial charge in [0.1, 0.15) is 30.8 Å². The van der Waals surface area contributed by atoms with Crippen LogP contribution in [0.15, 0.2) is 40.9 Å². The summed E-state index contributed by atoms with van der Waals surface area (Å²) in [6, 6.07) is 10.3. The Bertz CT molecular complexity index is 968. The van der Waals surface area contributed by atoms with E-state index in [2.05, 4.69) is 21.2 Å². The molecule has 0 saturated carbocycles. The van der Waals surface area contributed by atoms with Gasteiger partial charge < -0.3 is 29.4 Å². The lowest BCUT2D eigenvalue weighted by Crippen LogP contribution is -2.46. The fraction of sp³-hybridized carbons (Fsp3) is 0.300. The molecular weight excluding hydrogens is 460 g/mol. The van der Waals surface area contributed by atoms with Gasteiger partial charge in [0.15, 0.2) is 18.1 Å². The highest BCUT2D eigenvalue weighted by Gasteiger charge is 2.27. The summed E-state index contributed by atoms with van der Waals surface area (Å²) in [5.41, 5.74) is 0.524. The third kappa shape index (κ3) is 4.60. The number of hydrogen-bond donors (Lipinski definition) is 2. The van der Waals surface area contributed by atoms with Crippen molar-refractivity contribution in [3.8, 4) is 23.0 Å². The Balaban J connectivity index is 1.26. The molecule has 2 heterocycles. The molecule has 2 aromatic rings. The van der Waals surface area contributed by atoms with Gasteiger partial charge in [0.2, 0.25) is 12.7 Å². The summed E-state index contributed by atoms with van der Waals surface area (Å²) in [5, 5.41) is 12.7. The van der Waals surface area contributed by atoms with Gasteiger partial charge in [0.25, 0.3) is 5.91 Å². The van der Waals surface area contributed by atoms with Gasteiger partial charge in [-0.1, -0.05) is 15.9 Å². The number of carbonyl (C=O) groups is 2. The summed E-state index contributed by atoms with van der Waals surface area (Å²) in [6.45, 7) is -0.182. The van der Waals surface area contributed by atoms with Crippen LogP contribution in [0.5, 0.6) is 23.0 Å². The second kappa shape index (κ2) is 8.80. The van der Waals surface area contributed by atoms with Gasteiger partial charge in [-0.25, -0.2) is 0 Å². The number of ether oxygens (including phenoxy) is 4. The number of hydrogen-bond acceptors (Lipinski definition) is 7. The fourth-order valence-corrected chi connectivity index (χ4v) is 3.34. The normalized spacial score (nSPS) is 15.3. The number of anilines is 1. The van der Waals surface area contributed by atoms with Crippen molar-refractivity contribution in [1.29, 1.82) is 0 Å². The van der Waals surface area contributed by atoms with Crippen LogP contribution >= 0.6 is 15.9 Å². The number of rotatable bonds is 7. The molecule has 4 rings (SSSR count). The van der Waals surface area contributed by atoms with E-state index < -0.39 is 12.0 Å². The number of fused-ring (bicyclic) bond motifs is 2. The maximum Gasteiger partial charge on any atom is 0.265 e. The Labute approximate surface area is 180 Å².